The number of amides is 2. The molecule has 5 rings (SSSR count). The summed E-state index contributed by atoms with van der Waals surface area (Å²) in [5.74, 6) is 0.625. The minimum Gasteiger partial charge on any atom is -0.367 e. The molecule has 0 spiro atoms. The van der Waals surface area contributed by atoms with Gasteiger partial charge in [0.05, 0.1) is 16.4 Å². The average Bonchev–Trinajstić information content (AvgIpc) is 3.38. The first-order valence-electron chi connectivity index (χ1n) is 12.6. The highest BCUT2D eigenvalue weighted by Crippen LogP contribution is 2.49. The van der Waals surface area contributed by atoms with Crippen molar-refractivity contribution in [2.45, 2.75) is 63.6 Å². The molecule has 0 radical (unpaired) electrons. The van der Waals surface area contributed by atoms with Gasteiger partial charge >= 0.3 is 6.03 Å². The summed E-state index contributed by atoms with van der Waals surface area (Å²) in [4.78, 5) is 24.1. The number of para-hydroxylation sites is 1. The number of alkyl halides is 1. The summed E-state index contributed by atoms with van der Waals surface area (Å²) in [6.07, 6.45) is 2.23. The van der Waals surface area contributed by atoms with Gasteiger partial charge in [0, 0.05) is 50.7 Å². The zero-order valence-corrected chi connectivity index (χ0v) is 21.4. The quantitative estimate of drug-likeness (QED) is 0.630. The SMILES string of the molecule is CC(C)N1CCN(c2cccc(Cl)c2NC(=O)N2CCC(C)(c3noc(C4(F)CC4)n3)CC2)CC1. The number of piperazine rings is 1. The van der Waals surface area contributed by atoms with E-state index in [0.29, 0.717) is 61.3 Å². The third-order valence-electron chi connectivity index (χ3n) is 7.80. The average molecular weight is 505 g/mol. The van der Waals surface area contributed by atoms with Gasteiger partial charge in [-0.1, -0.05) is 29.7 Å². The molecule has 1 saturated carbocycles. The number of aromatic nitrogens is 2. The maximum absolute atomic E-state index is 14.3. The highest BCUT2D eigenvalue weighted by molar-refractivity contribution is 6.34. The molecule has 1 aromatic carbocycles. The van der Waals surface area contributed by atoms with Gasteiger partial charge in [0.2, 0.25) is 0 Å². The van der Waals surface area contributed by atoms with Crippen molar-refractivity contribution in [1.29, 1.82) is 0 Å². The van der Waals surface area contributed by atoms with E-state index < -0.39 is 5.67 Å². The van der Waals surface area contributed by atoms with Gasteiger partial charge in [0.25, 0.3) is 5.89 Å². The van der Waals surface area contributed by atoms with E-state index in [4.69, 9.17) is 16.1 Å². The van der Waals surface area contributed by atoms with Crippen LogP contribution < -0.4 is 10.2 Å². The van der Waals surface area contributed by atoms with E-state index in [1.165, 1.54) is 0 Å². The number of carbonyl (C=O) groups excluding carboxylic acids is 1. The van der Waals surface area contributed by atoms with E-state index >= 15 is 0 Å². The van der Waals surface area contributed by atoms with Gasteiger partial charge < -0.3 is 19.6 Å². The summed E-state index contributed by atoms with van der Waals surface area (Å²) < 4.78 is 19.5. The Bertz CT molecular complexity index is 1070. The topological polar surface area (TPSA) is 77.7 Å². The monoisotopic (exact) mass is 504 g/mol. The maximum atomic E-state index is 14.3. The molecule has 8 nitrogen and oxygen atoms in total. The van der Waals surface area contributed by atoms with Crippen LogP contribution in [0.1, 0.15) is 58.2 Å². The molecule has 10 heteroatoms. The minimum atomic E-state index is -1.43. The second-order valence-corrected chi connectivity index (χ2v) is 11.0. The van der Waals surface area contributed by atoms with Gasteiger partial charge in [-0.05, 0) is 51.7 Å². The molecule has 3 aliphatic rings. The summed E-state index contributed by atoms with van der Waals surface area (Å²) in [5.41, 5.74) is -0.173. The number of hydrogen-bond donors (Lipinski definition) is 1. The molecule has 1 N–H and O–H groups in total. The van der Waals surface area contributed by atoms with Crippen molar-refractivity contribution in [2.75, 3.05) is 49.5 Å². The van der Waals surface area contributed by atoms with Crippen molar-refractivity contribution < 1.29 is 13.7 Å². The molecule has 2 saturated heterocycles. The second kappa shape index (κ2) is 9.24. The van der Waals surface area contributed by atoms with Crippen LogP contribution in [0.25, 0.3) is 0 Å². The highest BCUT2D eigenvalue weighted by Gasteiger charge is 2.51. The minimum absolute atomic E-state index is 0.0920. The molecule has 2 aromatic rings. The van der Waals surface area contributed by atoms with Crippen LogP contribution in [-0.4, -0.2) is 71.3 Å². The maximum Gasteiger partial charge on any atom is 0.321 e. The van der Waals surface area contributed by atoms with E-state index in [1.54, 1.807) is 4.90 Å². The normalized spacial score (nSPS) is 21.9. The van der Waals surface area contributed by atoms with Crippen LogP contribution in [0.4, 0.5) is 20.6 Å². The van der Waals surface area contributed by atoms with Gasteiger partial charge in [0.1, 0.15) is 0 Å². The van der Waals surface area contributed by atoms with Crippen molar-refractivity contribution >= 4 is 29.0 Å². The Morgan fingerprint density at radius 3 is 2.43 bits per heavy atom. The Labute approximate surface area is 210 Å². The van der Waals surface area contributed by atoms with Crippen molar-refractivity contribution in [2.24, 2.45) is 0 Å². The zero-order valence-electron chi connectivity index (χ0n) is 20.7. The van der Waals surface area contributed by atoms with E-state index in [0.717, 1.165) is 31.9 Å². The van der Waals surface area contributed by atoms with Crippen molar-refractivity contribution in [3.8, 4) is 0 Å². The van der Waals surface area contributed by atoms with Crippen LogP contribution in [0, 0.1) is 0 Å². The number of hydrogen-bond acceptors (Lipinski definition) is 6. The highest BCUT2D eigenvalue weighted by atomic mass is 35.5. The van der Waals surface area contributed by atoms with Gasteiger partial charge in [0.15, 0.2) is 11.5 Å². The Hall–Kier alpha value is -2.39. The molecule has 0 atom stereocenters. The summed E-state index contributed by atoms with van der Waals surface area (Å²) >= 11 is 6.55. The van der Waals surface area contributed by atoms with Crippen LogP contribution in [-0.2, 0) is 11.1 Å². The summed E-state index contributed by atoms with van der Waals surface area (Å²) in [5, 5.41) is 7.69. The third kappa shape index (κ3) is 4.85. The lowest BCUT2D eigenvalue weighted by Crippen LogP contribution is -2.49. The van der Waals surface area contributed by atoms with Crippen molar-refractivity contribution in [3.63, 3.8) is 0 Å². The van der Waals surface area contributed by atoms with E-state index in [-0.39, 0.29) is 17.3 Å². The molecule has 1 aromatic heterocycles. The Balaban J connectivity index is 1.23. The molecule has 35 heavy (non-hydrogen) atoms. The lowest BCUT2D eigenvalue weighted by molar-refractivity contribution is 0.169. The van der Waals surface area contributed by atoms with Gasteiger partial charge in [-0.15, -0.1) is 0 Å². The van der Waals surface area contributed by atoms with E-state index in [1.807, 2.05) is 18.2 Å². The number of benzene rings is 1. The first-order chi connectivity index (χ1) is 16.7. The number of likely N-dealkylation sites (tertiary alicyclic amines) is 1. The fourth-order valence-corrected chi connectivity index (χ4v) is 5.18. The number of rotatable bonds is 5. The number of anilines is 2. The predicted molar refractivity (Wildman–Crippen MR) is 134 cm³/mol. The third-order valence-corrected chi connectivity index (χ3v) is 8.12. The Kier molecular flexibility index (Phi) is 6.42. The zero-order chi connectivity index (χ0) is 24.8. The van der Waals surface area contributed by atoms with Gasteiger partial charge in [-0.3, -0.25) is 4.90 Å². The molecule has 0 bridgehead atoms. The Morgan fingerprint density at radius 2 is 1.80 bits per heavy atom. The number of nitrogens with one attached hydrogen (secondary N) is 1. The lowest BCUT2D eigenvalue weighted by Gasteiger charge is -2.39. The van der Waals surface area contributed by atoms with Gasteiger partial charge in [-0.2, -0.15) is 4.98 Å². The lowest BCUT2D eigenvalue weighted by atomic mass is 9.80. The van der Waals surface area contributed by atoms with Crippen molar-refractivity contribution in [3.05, 3.63) is 34.9 Å². The van der Waals surface area contributed by atoms with Crippen LogP contribution in [0.5, 0.6) is 0 Å². The van der Waals surface area contributed by atoms with Gasteiger partial charge in [-0.25, -0.2) is 9.18 Å². The summed E-state index contributed by atoms with van der Waals surface area (Å²) in [6.45, 7) is 11.3. The molecule has 0 unspecified atom stereocenters. The number of piperidine rings is 1. The fraction of sp³-hybridized carbons (Fsp3) is 0.640. The summed E-state index contributed by atoms with van der Waals surface area (Å²) in [7, 11) is 0. The first kappa shape index (κ1) is 24.3. The molecular weight excluding hydrogens is 471 g/mol. The molecular formula is C25H34ClFN6O2. The molecule has 190 valence electrons. The molecule has 2 amide bonds. The van der Waals surface area contributed by atoms with Crippen LogP contribution >= 0.6 is 11.6 Å². The largest absolute Gasteiger partial charge is 0.367 e. The van der Waals surface area contributed by atoms with Crippen molar-refractivity contribution in [1.82, 2.24) is 19.9 Å². The number of urea groups is 1. The number of nitrogens with zero attached hydrogens (tertiary/aromatic N) is 5. The molecule has 2 aliphatic heterocycles. The number of halogens is 2. The van der Waals surface area contributed by atoms with E-state index in [2.05, 4.69) is 46.0 Å². The van der Waals surface area contributed by atoms with E-state index in [9.17, 15) is 9.18 Å². The molecule has 3 fully saturated rings. The number of carbonyl (C=O) groups is 1. The smallest absolute Gasteiger partial charge is 0.321 e. The van der Waals surface area contributed by atoms with Crippen LogP contribution in [0.2, 0.25) is 5.02 Å². The summed E-state index contributed by atoms with van der Waals surface area (Å²) in [6, 6.07) is 6.11. The molecule has 1 aliphatic carbocycles. The molecule has 3 heterocycles. The second-order valence-electron chi connectivity index (χ2n) is 10.6. The van der Waals surface area contributed by atoms with Crippen LogP contribution in [0.15, 0.2) is 22.7 Å². The predicted octanol–water partition coefficient (Wildman–Crippen LogP) is 4.80. The first-order valence-corrected chi connectivity index (χ1v) is 12.9. The fourth-order valence-electron chi connectivity index (χ4n) is 4.97. The standard InChI is InChI=1S/C25H34ClFN6O2/c1-17(2)31-13-15-32(16-14-31)19-6-4-5-18(26)20(19)28-23(34)33-11-9-24(3,10-12-33)21-29-22(35-30-21)25(27)7-8-25/h4-6,17H,7-16H2,1-3H3,(H,28,34). The van der Waals surface area contributed by atoms with Crippen LogP contribution in [0.3, 0.4) is 0 Å². The Morgan fingerprint density at radius 1 is 1.11 bits per heavy atom.